The first-order valence-corrected chi connectivity index (χ1v) is 14.1. The van der Waals surface area contributed by atoms with E-state index in [1.807, 2.05) is 11.8 Å². The van der Waals surface area contributed by atoms with Gasteiger partial charge in [0.15, 0.2) is 0 Å². The molecule has 0 aliphatic carbocycles. The summed E-state index contributed by atoms with van der Waals surface area (Å²) in [6.45, 7) is 8.43. The van der Waals surface area contributed by atoms with Crippen LogP contribution in [-0.2, 0) is 17.1 Å². The zero-order valence-corrected chi connectivity index (χ0v) is 24.9. The number of aryl methyl sites for hydroxylation is 1. The lowest BCUT2D eigenvalue weighted by molar-refractivity contribution is -0.143. The molecule has 2 fully saturated rings. The summed E-state index contributed by atoms with van der Waals surface area (Å²) < 4.78 is 88.6. The molecular weight excluding hydrogens is 597 g/mol. The van der Waals surface area contributed by atoms with E-state index in [1.54, 1.807) is 13.0 Å². The molecule has 7 nitrogen and oxygen atoms in total. The van der Waals surface area contributed by atoms with Gasteiger partial charge in [-0.3, -0.25) is 9.69 Å². The molecule has 2 aliphatic heterocycles. The molecule has 0 unspecified atom stereocenters. The van der Waals surface area contributed by atoms with Gasteiger partial charge in [0.2, 0.25) is 5.91 Å². The summed E-state index contributed by atoms with van der Waals surface area (Å²) in [5, 5.41) is 12.2. The highest BCUT2D eigenvalue weighted by atomic mass is 19.4. The zero-order chi connectivity index (χ0) is 33.0. The molecule has 0 saturated carbocycles. The van der Waals surface area contributed by atoms with Crippen LogP contribution in [0.2, 0.25) is 0 Å². The van der Waals surface area contributed by atoms with E-state index in [0.29, 0.717) is 26.1 Å². The van der Waals surface area contributed by atoms with Gasteiger partial charge in [0.05, 0.1) is 17.2 Å². The summed E-state index contributed by atoms with van der Waals surface area (Å²) in [5.41, 5.74) is -0.993. The van der Waals surface area contributed by atoms with E-state index < -0.39 is 35.6 Å². The standard InChI is InChI=1S/C19H26FN3O3.C11H11F6N/c1-13-11-15(20)3-4-17(13)18-12-16(5-6-23(18)19(25)26)22-9-7-21(8-10-22)14(2)24;1-6(18-2)7-3-8(10(12,13)14)5-9(4-7)11(15,16)17/h3-4,11,16,18H,5-10,12H2,1-2H3,(H,25,26);3-6,18H,1-2H3/t16-,18+;6-/m01/s1. The summed E-state index contributed by atoms with van der Waals surface area (Å²) in [6.07, 6.45) is -9.06. The van der Waals surface area contributed by atoms with E-state index in [-0.39, 0.29) is 35.4 Å². The molecule has 2 heterocycles. The van der Waals surface area contributed by atoms with Crippen molar-refractivity contribution in [3.8, 4) is 0 Å². The van der Waals surface area contributed by atoms with Crippen LogP contribution < -0.4 is 5.32 Å². The lowest BCUT2D eigenvalue weighted by atomic mass is 9.88. The molecule has 0 aromatic heterocycles. The number of alkyl halides is 6. The summed E-state index contributed by atoms with van der Waals surface area (Å²) in [7, 11) is 1.46. The van der Waals surface area contributed by atoms with Crippen LogP contribution in [-0.4, -0.2) is 77.6 Å². The van der Waals surface area contributed by atoms with Gasteiger partial charge < -0.3 is 20.2 Å². The molecular formula is C30H37F7N4O3. The van der Waals surface area contributed by atoms with Gasteiger partial charge in [-0.15, -0.1) is 0 Å². The van der Waals surface area contributed by atoms with Gasteiger partial charge in [-0.05, 0) is 80.8 Å². The highest BCUT2D eigenvalue weighted by Crippen LogP contribution is 2.38. The first-order chi connectivity index (χ1) is 20.4. The van der Waals surface area contributed by atoms with Gasteiger partial charge in [0.25, 0.3) is 0 Å². The average Bonchev–Trinajstić information content (AvgIpc) is 2.95. The fraction of sp³-hybridized carbons (Fsp3) is 0.533. The van der Waals surface area contributed by atoms with Gasteiger partial charge in [0, 0.05) is 51.7 Å². The van der Waals surface area contributed by atoms with E-state index in [0.717, 1.165) is 42.8 Å². The topological polar surface area (TPSA) is 76.1 Å². The molecule has 44 heavy (non-hydrogen) atoms. The van der Waals surface area contributed by atoms with Crippen LogP contribution in [0.3, 0.4) is 0 Å². The number of nitrogens with one attached hydrogen (secondary N) is 1. The molecule has 2 aromatic carbocycles. The van der Waals surface area contributed by atoms with Crippen LogP contribution in [0.1, 0.15) is 66.6 Å². The Hall–Kier alpha value is -3.39. The van der Waals surface area contributed by atoms with Crippen LogP contribution in [0.15, 0.2) is 36.4 Å². The summed E-state index contributed by atoms with van der Waals surface area (Å²) in [5.74, 6) is -0.203. The Bertz CT molecular complexity index is 1280. The van der Waals surface area contributed by atoms with Crippen molar-refractivity contribution in [2.75, 3.05) is 39.8 Å². The predicted molar refractivity (Wildman–Crippen MR) is 149 cm³/mol. The van der Waals surface area contributed by atoms with Crippen LogP contribution in [0.5, 0.6) is 0 Å². The van der Waals surface area contributed by atoms with E-state index >= 15 is 0 Å². The predicted octanol–water partition coefficient (Wildman–Crippen LogP) is 6.49. The van der Waals surface area contributed by atoms with E-state index in [9.17, 15) is 45.4 Å². The zero-order valence-electron chi connectivity index (χ0n) is 24.9. The number of nitrogens with zero attached hydrogens (tertiary/aromatic N) is 3. The minimum Gasteiger partial charge on any atom is -0.465 e. The lowest BCUT2D eigenvalue weighted by Crippen LogP contribution is -2.55. The quantitative estimate of drug-likeness (QED) is 0.377. The van der Waals surface area contributed by atoms with Crippen molar-refractivity contribution in [2.24, 2.45) is 0 Å². The number of halogens is 7. The number of carbonyl (C=O) groups is 2. The number of carbonyl (C=O) groups excluding carboxylic acids is 1. The van der Waals surface area contributed by atoms with Crippen molar-refractivity contribution in [3.05, 3.63) is 70.0 Å². The van der Waals surface area contributed by atoms with Crippen molar-refractivity contribution in [1.82, 2.24) is 20.0 Å². The molecule has 244 valence electrons. The molecule has 2 N–H and O–H groups in total. The van der Waals surface area contributed by atoms with Gasteiger partial charge in [-0.25, -0.2) is 9.18 Å². The van der Waals surface area contributed by atoms with E-state index in [2.05, 4.69) is 10.2 Å². The first kappa shape index (κ1) is 35.1. The summed E-state index contributed by atoms with van der Waals surface area (Å²) in [6, 6.07) is 5.53. The summed E-state index contributed by atoms with van der Waals surface area (Å²) in [4.78, 5) is 28.9. The molecule has 14 heteroatoms. The van der Waals surface area contributed by atoms with Crippen LogP contribution in [0.4, 0.5) is 35.5 Å². The molecule has 2 saturated heterocycles. The van der Waals surface area contributed by atoms with Crippen molar-refractivity contribution in [2.45, 2.75) is 64.1 Å². The van der Waals surface area contributed by atoms with Gasteiger partial charge >= 0.3 is 18.4 Å². The van der Waals surface area contributed by atoms with Gasteiger partial charge in [-0.2, -0.15) is 26.3 Å². The third kappa shape index (κ3) is 8.84. The average molecular weight is 635 g/mol. The second kappa shape index (κ2) is 14.1. The van der Waals surface area contributed by atoms with Gasteiger partial charge in [-0.1, -0.05) is 6.07 Å². The fourth-order valence-electron chi connectivity index (χ4n) is 5.61. The Morgan fingerprint density at radius 2 is 1.50 bits per heavy atom. The maximum Gasteiger partial charge on any atom is 0.416 e. The SMILES string of the molecule is CC(=O)N1CCN([C@H]2CCN(C(=O)O)[C@@H](c3ccc(F)cc3C)C2)CC1.CN[C@H](C)c1cc(C(F)(F)F)cc(C(F)(F)F)c1. The van der Waals surface area contributed by atoms with Crippen LogP contribution in [0, 0.1) is 12.7 Å². The van der Waals surface area contributed by atoms with E-state index in [1.165, 1.54) is 31.0 Å². The molecule has 2 amide bonds. The number of rotatable bonds is 4. The number of likely N-dealkylation sites (tertiary alicyclic amines) is 1. The van der Waals surface area contributed by atoms with Crippen molar-refractivity contribution in [3.63, 3.8) is 0 Å². The minimum atomic E-state index is -4.80. The number of amides is 2. The maximum absolute atomic E-state index is 13.5. The second-order valence-corrected chi connectivity index (χ2v) is 11.1. The smallest absolute Gasteiger partial charge is 0.416 e. The number of hydrogen-bond acceptors (Lipinski definition) is 4. The number of benzene rings is 2. The van der Waals surface area contributed by atoms with Crippen LogP contribution >= 0.6 is 0 Å². The molecule has 2 aromatic rings. The van der Waals surface area contributed by atoms with Crippen molar-refractivity contribution < 1.29 is 45.4 Å². The molecule has 2 aliphatic rings. The fourth-order valence-corrected chi connectivity index (χ4v) is 5.61. The normalized spacial score (nSPS) is 20.5. The number of hydrogen-bond donors (Lipinski definition) is 2. The Labute approximate surface area is 251 Å². The van der Waals surface area contributed by atoms with Crippen molar-refractivity contribution in [1.29, 1.82) is 0 Å². The Balaban J connectivity index is 0.000000259. The molecule has 0 radical (unpaired) electrons. The maximum atomic E-state index is 13.5. The second-order valence-electron chi connectivity index (χ2n) is 11.1. The largest absolute Gasteiger partial charge is 0.465 e. The monoisotopic (exact) mass is 634 g/mol. The highest BCUT2D eigenvalue weighted by molar-refractivity contribution is 5.73. The van der Waals surface area contributed by atoms with Gasteiger partial charge in [0.1, 0.15) is 5.82 Å². The molecule has 4 rings (SSSR count). The van der Waals surface area contributed by atoms with Crippen LogP contribution in [0.25, 0.3) is 0 Å². The van der Waals surface area contributed by atoms with E-state index in [4.69, 9.17) is 0 Å². The lowest BCUT2D eigenvalue weighted by Gasteiger charge is -2.45. The third-order valence-corrected chi connectivity index (χ3v) is 8.23. The first-order valence-electron chi connectivity index (χ1n) is 14.1. The molecule has 0 spiro atoms. The number of carboxylic acid groups (broad SMARTS) is 1. The van der Waals surface area contributed by atoms with Crippen molar-refractivity contribution >= 4 is 12.0 Å². The highest BCUT2D eigenvalue weighted by Gasteiger charge is 2.38. The Morgan fingerprint density at radius 1 is 0.932 bits per heavy atom. The number of piperazine rings is 1. The number of piperidine rings is 1. The Morgan fingerprint density at radius 3 is 1.95 bits per heavy atom. The molecule has 0 bridgehead atoms. The third-order valence-electron chi connectivity index (χ3n) is 8.23. The molecule has 3 atom stereocenters. The Kier molecular flexibility index (Phi) is 11.3. The minimum absolute atomic E-state index is 0.0559. The summed E-state index contributed by atoms with van der Waals surface area (Å²) >= 11 is 0.